The van der Waals surface area contributed by atoms with Crippen LogP contribution in [0.1, 0.15) is 34.2 Å². The van der Waals surface area contributed by atoms with E-state index in [9.17, 15) is 4.79 Å². The van der Waals surface area contributed by atoms with Crippen LogP contribution in [0.25, 0.3) is 0 Å². The zero-order valence-corrected chi connectivity index (χ0v) is 16.0. The molecule has 2 aromatic heterocycles. The summed E-state index contributed by atoms with van der Waals surface area (Å²) in [5.41, 5.74) is 4.43. The Morgan fingerprint density at radius 3 is 2.76 bits per heavy atom. The average molecular weight is 402 g/mol. The molecule has 1 amide bonds. The van der Waals surface area contributed by atoms with E-state index in [2.05, 4.69) is 31.4 Å². The maximum Gasteiger partial charge on any atom is 0.258 e. The van der Waals surface area contributed by atoms with Crippen LogP contribution < -0.4 is 5.32 Å². The van der Waals surface area contributed by atoms with Crippen LogP contribution in [0.5, 0.6) is 0 Å². The van der Waals surface area contributed by atoms with Crippen molar-refractivity contribution < 1.29 is 4.79 Å². The quantitative estimate of drug-likeness (QED) is 0.707. The largest absolute Gasteiger partial charge is 0.322 e. The van der Waals surface area contributed by atoms with Crippen LogP contribution in [0.4, 0.5) is 5.69 Å². The molecule has 2 heterocycles. The molecule has 0 unspecified atom stereocenters. The number of halogens is 1. The van der Waals surface area contributed by atoms with Crippen molar-refractivity contribution in [2.75, 3.05) is 5.32 Å². The number of hydrogen-bond acceptors (Lipinski definition) is 3. The van der Waals surface area contributed by atoms with Gasteiger partial charge in [0.05, 0.1) is 34.2 Å². The standard InChI is InChI=1S/C18H20BrN5O/c1-4-23-11-15(9-20-23)18(25)21-16-7-5-6-14(8-16)10-24-13(3)17(19)12(2)22-24/h5-9,11H,4,10H2,1-3H3,(H,21,25). The van der Waals surface area contributed by atoms with E-state index >= 15 is 0 Å². The number of carbonyl (C=O) groups is 1. The summed E-state index contributed by atoms with van der Waals surface area (Å²) >= 11 is 3.55. The molecular weight excluding hydrogens is 382 g/mol. The third-order valence-corrected chi connectivity index (χ3v) is 5.18. The van der Waals surface area contributed by atoms with Gasteiger partial charge < -0.3 is 5.32 Å². The summed E-state index contributed by atoms with van der Waals surface area (Å²) in [5.74, 6) is -0.161. The predicted molar refractivity (Wildman–Crippen MR) is 101 cm³/mol. The van der Waals surface area contributed by atoms with Crippen LogP contribution in [0.2, 0.25) is 0 Å². The van der Waals surface area contributed by atoms with Gasteiger partial charge in [-0.1, -0.05) is 12.1 Å². The van der Waals surface area contributed by atoms with Crippen LogP contribution in [0, 0.1) is 13.8 Å². The fourth-order valence-electron chi connectivity index (χ4n) is 2.61. The number of aryl methyl sites for hydroxylation is 2. The maximum absolute atomic E-state index is 12.3. The molecule has 3 aromatic rings. The van der Waals surface area contributed by atoms with Crippen molar-refractivity contribution in [3.8, 4) is 0 Å². The van der Waals surface area contributed by atoms with Crippen LogP contribution in [0.3, 0.4) is 0 Å². The molecule has 0 bridgehead atoms. The van der Waals surface area contributed by atoms with E-state index in [1.165, 1.54) is 0 Å². The molecule has 3 rings (SSSR count). The molecule has 0 saturated heterocycles. The smallest absolute Gasteiger partial charge is 0.258 e. The minimum Gasteiger partial charge on any atom is -0.322 e. The summed E-state index contributed by atoms with van der Waals surface area (Å²) in [7, 11) is 0. The number of nitrogens with zero attached hydrogens (tertiary/aromatic N) is 4. The van der Waals surface area contributed by atoms with Gasteiger partial charge in [-0.15, -0.1) is 0 Å². The number of nitrogens with one attached hydrogen (secondary N) is 1. The minimum absolute atomic E-state index is 0.161. The second kappa shape index (κ2) is 7.23. The lowest BCUT2D eigenvalue weighted by Gasteiger charge is -2.08. The first-order valence-electron chi connectivity index (χ1n) is 8.10. The molecular formula is C18H20BrN5O. The maximum atomic E-state index is 12.3. The number of hydrogen-bond donors (Lipinski definition) is 1. The van der Waals surface area contributed by atoms with Gasteiger partial charge in [0.25, 0.3) is 5.91 Å². The second-order valence-corrected chi connectivity index (χ2v) is 6.67. The fourth-order valence-corrected chi connectivity index (χ4v) is 2.89. The van der Waals surface area contributed by atoms with Gasteiger partial charge in [0, 0.05) is 18.4 Å². The van der Waals surface area contributed by atoms with Crippen molar-refractivity contribution in [1.82, 2.24) is 19.6 Å². The highest BCUT2D eigenvalue weighted by atomic mass is 79.9. The van der Waals surface area contributed by atoms with E-state index in [4.69, 9.17) is 0 Å². The fraction of sp³-hybridized carbons (Fsp3) is 0.278. The molecule has 25 heavy (non-hydrogen) atoms. The Bertz CT molecular complexity index is 912. The molecule has 0 aliphatic rings. The summed E-state index contributed by atoms with van der Waals surface area (Å²) in [6.45, 7) is 7.37. The molecule has 0 radical (unpaired) electrons. The highest BCUT2D eigenvalue weighted by molar-refractivity contribution is 9.10. The highest BCUT2D eigenvalue weighted by Crippen LogP contribution is 2.21. The van der Waals surface area contributed by atoms with Crippen LogP contribution in [0.15, 0.2) is 41.1 Å². The Balaban J connectivity index is 1.74. The Morgan fingerprint density at radius 1 is 1.32 bits per heavy atom. The lowest BCUT2D eigenvalue weighted by molar-refractivity contribution is 0.102. The molecule has 0 spiro atoms. The number of benzene rings is 1. The normalized spacial score (nSPS) is 10.9. The number of amides is 1. The summed E-state index contributed by atoms with van der Waals surface area (Å²) in [6.07, 6.45) is 3.32. The summed E-state index contributed by atoms with van der Waals surface area (Å²) < 4.78 is 4.71. The molecule has 6 nitrogen and oxygen atoms in total. The van der Waals surface area contributed by atoms with Gasteiger partial charge in [-0.25, -0.2) is 0 Å². The van der Waals surface area contributed by atoms with Crippen molar-refractivity contribution in [2.24, 2.45) is 0 Å². The van der Waals surface area contributed by atoms with Crippen molar-refractivity contribution >= 4 is 27.5 Å². The summed E-state index contributed by atoms with van der Waals surface area (Å²) in [4.78, 5) is 12.3. The van der Waals surface area contributed by atoms with Gasteiger partial charge in [0.15, 0.2) is 0 Å². The molecule has 0 atom stereocenters. The highest BCUT2D eigenvalue weighted by Gasteiger charge is 2.11. The Hall–Kier alpha value is -2.41. The number of aromatic nitrogens is 4. The third-order valence-electron chi connectivity index (χ3n) is 4.03. The van der Waals surface area contributed by atoms with Gasteiger partial charge in [-0.2, -0.15) is 10.2 Å². The van der Waals surface area contributed by atoms with E-state index in [0.717, 1.165) is 33.7 Å². The van der Waals surface area contributed by atoms with Crippen molar-refractivity contribution in [3.63, 3.8) is 0 Å². The van der Waals surface area contributed by atoms with Gasteiger partial charge >= 0.3 is 0 Å². The van der Waals surface area contributed by atoms with E-state index in [1.807, 2.05) is 49.7 Å². The number of rotatable bonds is 5. The third kappa shape index (κ3) is 3.82. The molecule has 0 aliphatic heterocycles. The zero-order chi connectivity index (χ0) is 18.0. The molecule has 1 aromatic carbocycles. The van der Waals surface area contributed by atoms with E-state index < -0.39 is 0 Å². The van der Waals surface area contributed by atoms with Gasteiger partial charge in [-0.3, -0.25) is 14.2 Å². The zero-order valence-electron chi connectivity index (χ0n) is 14.5. The predicted octanol–water partition coefficient (Wildman–Crippen LogP) is 3.78. The SMILES string of the molecule is CCn1cc(C(=O)Nc2cccc(Cn3nc(C)c(Br)c3C)c2)cn1. The van der Waals surface area contributed by atoms with Crippen LogP contribution in [-0.2, 0) is 13.1 Å². The minimum atomic E-state index is -0.161. The summed E-state index contributed by atoms with van der Waals surface area (Å²) in [5, 5.41) is 11.6. The molecule has 130 valence electrons. The lowest BCUT2D eigenvalue weighted by Crippen LogP contribution is -2.12. The first-order valence-corrected chi connectivity index (χ1v) is 8.89. The van der Waals surface area contributed by atoms with Crippen LogP contribution >= 0.6 is 15.9 Å². The Labute approximate surface area is 155 Å². The van der Waals surface area contributed by atoms with E-state index in [1.54, 1.807) is 17.1 Å². The number of anilines is 1. The van der Waals surface area contributed by atoms with Gasteiger partial charge in [-0.05, 0) is 54.4 Å². The Morgan fingerprint density at radius 2 is 2.12 bits per heavy atom. The molecule has 0 fully saturated rings. The molecule has 0 aliphatic carbocycles. The van der Waals surface area contributed by atoms with Crippen molar-refractivity contribution in [3.05, 3.63) is 63.6 Å². The van der Waals surface area contributed by atoms with Crippen LogP contribution in [-0.4, -0.2) is 25.5 Å². The monoisotopic (exact) mass is 401 g/mol. The first kappa shape index (κ1) is 17.4. The number of carbonyl (C=O) groups excluding carboxylic acids is 1. The topological polar surface area (TPSA) is 64.7 Å². The second-order valence-electron chi connectivity index (χ2n) is 5.88. The van der Waals surface area contributed by atoms with E-state index in [0.29, 0.717) is 12.1 Å². The lowest BCUT2D eigenvalue weighted by atomic mass is 10.2. The van der Waals surface area contributed by atoms with Crippen molar-refractivity contribution in [2.45, 2.75) is 33.9 Å². The molecule has 7 heteroatoms. The van der Waals surface area contributed by atoms with Gasteiger partial charge in [0.2, 0.25) is 0 Å². The van der Waals surface area contributed by atoms with Gasteiger partial charge in [0.1, 0.15) is 0 Å². The first-order chi connectivity index (χ1) is 12.0. The average Bonchev–Trinajstić information content (AvgIpc) is 3.17. The Kier molecular flexibility index (Phi) is 5.03. The molecule has 0 saturated carbocycles. The van der Waals surface area contributed by atoms with E-state index in [-0.39, 0.29) is 5.91 Å². The summed E-state index contributed by atoms with van der Waals surface area (Å²) in [6, 6.07) is 7.80. The molecule has 1 N–H and O–H groups in total. The van der Waals surface area contributed by atoms with Crippen molar-refractivity contribution in [1.29, 1.82) is 0 Å².